The molecule has 2 amide bonds. The standard InChI is InChI=1S/C27H26FN3O2S2Si/c1-5-36(6-2)22-10-8-7-9-20(22)31(21-13-11-17(28)15-23(21)36)24-14-12-18(35-24)16-19-25(32)29(3)27(34)30(4)26(19)33/h7-16H,5-6H2,1-4H3. The molecule has 0 saturated carbocycles. The molecule has 2 aromatic carbocycles. The predicted octanol–water partition coefficient (Wildman–Crippen LogP) is 4.87. The number of rotatable bonds is 4. The normalized spacial score (nSPS) is 16.9. The summed E-state index contributed by atoms with van der Waals surface area (Å²) in [5, 5.41) is 3.52. The number of likely N-dealkylation sites (N-methyl/N-ethyl adjacent to an activating group) is 2. The Hall–Kier alpha value is -3.14. The molecular formula is C27H26FN3O2S2Si. The van der Waals surface area contributed by atoms with Gasteiger partial charge < -0.3 is 4.90 Å². The molecule has 5 rings (SSSR count). The van der Waals surface area contributed by atoms with Gasteiger partial charge in [-0.3, -0.25) is 19.4 Å². The highest BCUT2D eigenvalue weighted by molar-refractivity contribution is 7.80. The van der Waals surface area contributed by atoms with Crippen LogP contribution in [0.15, 0.2) is 60.2 Å². The van der Waals surface area contributed by atoms with Gasteiger partial charge in [0.1, 0.15) is 24.5 Å². The highest BCUT2D eigenvalue weighted by atomic mass is 32.1. The van der Waals surface area contributed by atoms with Crippen molar-refractivity contribution in [2.24, 2.45) is 0 Å². The van der Waals surface area contributed by atoms with Gasteiger partial charge in [-0.05, 0) is 65.1 Å². The third-order valence-corrected chi connectivity index (χ3v) is 14.2. The molecule has 0 aliphatic carbocycles. The van der Waals surface area contributed by atoms with Crippen molar-refractivity contribution in [3.05, 3.63) is 70.9 Å². The highest BCUT2D eigenvalue weighted by Crippen LogP contribution is 2.43. The van der Waals surface area contributed by atoms with E-state index in [1.54, 1.807) is 26.2 Å². The first-order valence-electron chi connectivity index (χ1n) is 11.8. The zero-order valence-corrected chi connectivity index (χ0v) is 23.2. The quantitative estimate of drug-likeness (QED) is 0.207. The van der Waals surface area contributed by atoms with E-state index in [2.05, 4.69) is 36.9 Å². The van der Waals surface area contributed by atoms with Gasteiger partial charge in [0.2, 0.25) is 0 Å². The van der Waals surface area contributed by atoms with Gasteiger partial charge in [-0.2, -0.15) is 0 Å². The first kappa shape index (κ1) is 24.5. The Morgan fingerprint density at radius 3 is 2.22 bits per heavy atom. The first-order chi connectivity index (χ1) is 17.2. The van der Waals surface area contributed by atoms with Gasteiger partial charge in [0.15, 0.2) is 5.11 Å². The van der Waals surface area contributed by atoms with Gasteiger partial charge >= 0.3 is 0 Å². The molecule has 1 aromatic heterocycles. The Labute approximate surface area is 220 Å². The number of thiocarbonyl (C=S) groups is 1. The second-order valence-electron chi connectivity index (χ2n) is 9.05. The van der Waals surface area contributed by atoms with E-state index in [0.29, 0.717) is 0 Å². The Bertz CT molecular complexity index is 1420. The fourth-order valence-corrected chi connectivity index (χ4v) is 11.0. The Morgan fingerprint density at radius 2 is 1.56 bits per heavy atom. The summed E-state index contributed by atoms with van der Waals surface area (Å²) >= 11 is 6.67. The minimum absolute atomic E-state index is 0.0758. The summed E-state index contributed by atoms with van der Waals surface area (Å²) < 4.78 is 14.6. The van der Waals surface area contributed by atoms with Gasteiger partial charge in [0.05, 0.1) is 0 Å². The maximum atomic E-state index is 14.6. The topological polar surface area (TPSA) is 43.9 Å². The Balaban J connectivity index is 1.64. The molecule has 2 aliphatic rings. The zero-order chi connectivity index (χ0) is 25.8. The second kappa shape index (κ2) is 9.06. The van der Waals surface area contributed by atoms with Crippen LogP contribution >= 0.6 is 23.6 Å². The van der Waals surface area contributed by atoms with Crippen LogP contribution in [0.4, 0.5) is 20.8 Å². The summed E-state index contributed by atoms with van der Waals surface area (Å²) in [6, 6.07) is 19.4. The van der Waals surface area contributed by atoms with Gasteiger partial charge in [-0.25, -0.2) is 4.39 Å². The van der Waals surface area contributed by atoms with Crippen molar-refractivity contribution in [1.29, 1.82) is 0 Å². The van der Waals surface area contributed by atoms with Gasteiger partial charge in [-0.1, -0.05) is 44.1 Å². The van der Waals surface area contributed by atoms with E-state index in [9.17, 15) is 14.0 Å². The lowest BCUT2D eigenvalue weighted by Crippen LogP contribution is -2.62. The molecule has 36 heavy (non-hydrogen) atoms. The average molecular weight is 536 g/mol. The van der Waals surface area contributed by atoms with Crippen LogP contribution in [0.2, 0.25) is 12.1 Å². The molecular weight excluding hydrogens is 510 g/mol. The number of hydrogen-bond acceptors (Lipinski definition) is 5. The minimum Gasteiger partial charge on any atom is -0.302 e. The molecule has 0 spiro atoms. The predicted molar refractivity (Wildman–Crippen MR) is 151 cm³/mol. The van der Waals surface area contributed by atoms with Crippen molar-refractivity contribution in [2.45, 2.75) is 25.9 Å². The molecule has 5 nitrogen and oxygen atoms in total. The van der Waals surface area contributed by atoms with Crippen LogP contribution in [0.5, 0.6) is 0 Å². The Kier molecular flexibility index (Phi) is 6.18. The fraction of sp³-hybridized carbons (Fsp3) is 0.222. The van der Waals surface area contributed by atoms with Crippen molar-refractivity contribution in [1.82, 2.24) is 9.80 Å². The molecule has 1 fully saturated rings. The summed E-state index contributed by atoms with van der Waals surface area (Å²) in [6.07, 6.45) is 1.63. The highest BCUT2D eigenvalue weighted by Gasteiger charge is 2.43. The van der Waals surface area contributed by atoms with Crippen LogP contribution in [-0.4, -0.2) is 48.9 Å². The van der Waals surface area contributed by atoms with Crippen LogP contribution in [0.3, 0.4) is 0 Å². The van der Waals surface area contributed by atoms with Gasteiger partial charge in [-0.15, -0.1) is 11.3 Å². The molecule has 3 aromatic rings. The summed E-state index contributed by atoms with van der Waals surface area (Å²) in [5.74, 6) is -1.04. The zero-order valence-electron chi connectivity index (χ0n) is 20.5. The lowest BCUT2D eigenvalue weighted by atomic mass is 10.1. The number of carbonyl (C=O) groups excluding carboxylic acids is 2. The van der Waals surface area contributed by atoms with E-state index >= 15 is 0 Å². The number of para-hydroxylation sites is 1. The number of anilines is 3. The van der Waals surface area contributed by atoms with Crippen molar-refractivity contribution in [2.75, 3.05) is 19.0 Å². The smallest absolute Gasteiger partial charge is 0.265 e. The molecule has 184 valence electrons. The number of nitrogens with zero attached hydrogens (tertiary/aromatic N) is 3. The maximum Gasteiger partial charge on any atom is 0.265 e. The third kappa shape index (κ3) is 3.56. The van der Waals surface area contributed by atoms with E-state index < -0.39 is 19.9 Å². The van der Waals surface area contributed by atoms with Crippen molar-refractivity contribution in [3.63, 3.8) is 0 Å². The van der Waals surface area contributed by atoms with E-state index in [1.165, 1.54) is 32.4 Å². The Morgan fingerprint density at radius 1 is 0.917 bits per heavy atom. The monoisotopic (exact) mass is 535 g/mol. The number of fused-ring (bicyclic) bond motifs is 2. The molecule has 2 aliphatic heterocycles. The van der Waals surface area contributed by atoms with E-state index in [-0.39, 0.29) is 16.5 Å². The van der Waals surface area contributed by atoms with E-state index in [1.807, 2.05) is 24.3 Å². The lowest BCUT2D eigenvalue weighted by molar-refractivity contribution is -0.132. The maximum absolute atomic E-state index is 14.6. The number of hydrogen-bond donors (Lipinski definition) is 0. The molecule has 3 heterocycles. The van der Waals surface area contributed by atoms with Crippen LogP contribution in [-0.2, 0) is 9.59 Å². The average Bonchev–Trinajstić information content (AvgIpc) is 3.35. The molecule has 0 atom stereocenters. The number of carbonyl (C=O) groups is 2. The summed E-state index contributed by atoms with van der Waals surface area (Å²) in [5.41, 5.74) is 2.19. The SMILES string of the molecule is CC[Si]1(CC)c2ccccc2N(c2ccc(C=C3C(=O)N(C)C(=S)N(C)C3=O)s2)c2ccc(F)cc21. The third-order valence-electron chi connectivity index (χ3n) is 7.35. The molecule has 0 unspecified atom stereocenters. The molecule has 1 saturated heterocycles. The van der Waals surface area contributed by atoms with Gasteiger partial charge in [0, 0.05) is 30.3 Å². The summed E-state index contributed by atoms with van der Waals surface area (Å²) in [6.45, 7) is 4.42. The second-order valence-corrected chi connectivity index (χ2v) is 15.2. The number of amides is 2. The van der Waals surface area contributed by atoms with Crippen LogP contribution in [0.25, 0.3) is 6.08 Å². The van der Waals surface area contributed by atoms with Crippen molar-refractivity contribution < 1.29 is 14.0 Å². The molecule has 0 radical (unpaired) electrons. The fourth-order valence-electron chi connectivity index (χ4n) is 5.34. The first-order valence-corrected chi connectivity index (χ1v) is 15.5. The van der Waals surface area contributed by atoms with E-state index in [0.717, 1.165) is 38.5 Å². The van der Waals surface area contributed by atoms with Crippen LogP contribution in [0.1, 0.15) is 18.7 Å². The minimum atomic E-state index is -2.15. The van der Waals surface area contributed by atoms with E-state index in [4.69, 9.17) is 12.2 Å². The number of halogens is 1. The largest absolute Gasteiger partial charge is 0.302 e. The molecule has 0 N–H and O–H groups in total. The van der Waals surface area contributed by atoms with Gasteiger partial charge in [0.25, 0.3) is 11.8 Å². The van der Waals surface area contributed by atoms with Crippen molar-refractivity contribution >= 4 is 81.4 Å². The summed E-state index contributed by atoms with van der Waals surface area (Å²) in [7, 11) is 0.990. The van der Waals surface area contributed by atoms with Crippen LogP contribution in [0, 0.1) is 5.82 Å². The van der Waals surface area contributed by atoms with Crippen LogP contribution < -0.4 is 15.3 Å². The lowest BCUT2D eigenvalue weighted by Gasteiger charge is -2.43. The molecule has 9 heteroatoms. The summed E-state index contributed by atoms with van der Waals surface area (Å²) in [4.78, 5) is 31.2. The molecule has 0 bridgehead atoms. The number of benzene rings is 2. The van der Waals surface area contributed by atoms with Crippen molar-refractivity contribution in [3.8, 4) is 0 Å². The number of thiophene rings is 1.